The molecule has 0 N–H and O–H groups in total. The molecule has 4 heteroatoms. The number of rotatable bonds is 7. The minimum absolute atomic E-state index is 0.485. The van der Waals surface area contributed by atoms with Crippen LogP contribution >= 0.6 is 0 Å². The van der Waals surface area contributed by atoms with E-state index in [0.717, 1.165) is 37.8 Å². The molecular weight excluding hydrogens is 250 g/mol. The van der Waals surface area contributed by atoms with Gasteiger partial charge in [-0.3, -0.25) is 4.79 Å². The molecule has 0 saturated carbocycles. The Morgan fingerprint density at radius 3 is 2.65 bits per heavy atom. The predicted octanol–water partition coefficient (Wildman–Crippen LogP) is 2.92. The Hall–Kier alpha value is -1.97. The van der Waals surface area contributed by atoms with Crippen molar-refractivity contribution in [2.45, 2.75) is 39.7 Å². The third-order valence-corrected chi connectivity index (χ3v) is 3.26. The zero-order chi connectivity index (χ0) is 14.4. The molecule has 0 aliphatic heterocycles. The van der Waals surface area contributed by atoms with Crippen molar-refractivity contribution >= 4 is 6.29 Å². The Morgan fingerprint density at radius 1 is 1.25 bits per heavy atom. The zero-order valence-electron chi connectivity index (χ0n) is 12.1. The first-order valence-corrected chi connectivity index (χ1v) is 7.12. The highest BCUT2D eigenvalue weighted by Crippen LogP contribution is 2.12. The van der Waals surface area contributed by atoms with E-state index < -0.39 is 0 Å². The molecule has 0 aliphatic carbocycles. The molecule has 0 unspecified atom stereocenters. The maximum Gasteiger partial charge on any atom is 0.172 e. The number of hydrogen-bond acceptors (Lipinski definition) is 3. The average Bonchev–Trinajstić information content (AvgIpc) is 2.82. The zero-order valence-corrected chi connectivity index (χ0v) is 12.1. The van der Waals surface area contributed by atoms with Gasteiger partial charge in [0.2, 0.25) is 0 Å². The Balaban J connectivity index is 1.98. The Kier molecular flexibility index (Phi) is 5.04. The summed E-state index contributed by atoms with van der Waals surface area (Å²) in [5, 5.41) is 8.06. The van der Waals surface area contributed by atoms with Crippen LogP contribution in [0.1, 0.15) is 42.0 Å². The highest BCUT2D eigenvalue weighted by Gasteiger charge is 2.13. The molecule has 1 aromatic carbocycles. The Bertz CT molecular complexity index is 546. The summed E-state index contributed by atoms with van der Waals surface area (Å²) in [5.41, 5.74) is 2.77. The van der Waals surface area contributed by atoms with E-state index in [-0.39, 0.29) is 0 Å². The van der Waals surface area contributed by atoms with Crippen LogP contribution in [0.4, 0.5) is 0 Å². The largest absolute Gasteiger partial charge is 0.296 e. The van der Waals surface area contributed by atoms with Crippen molar-refractivity contribution in [3.8, 4) is 0 Å². The number of nitrogens with zero attached hydrogens (tertiary/aromatic N) is 3. The molecule has 0 aliphatic rings. The molecule has 0 saturated heterocycles. The predicted molar refractivity (Wildman–Crippen MR) is 78.7 cm³/mol. The molecule has 106 valence electrons. The van der Waals surface area contributed by atoms with Gasteiger partial charge < -0.3 is 0 Å². The van der Waals surface area contributed by atoms with Crippen molar-refractivity contribution in [3.63, 3.8) is 0 Å². The molecule has 1 heterocycles. The van der Waals surface area contributed by atoms with Crippen LogP contribution in [-0.4, -0.2) is 21.3 Å². The summed E-state index contributed by atoms with van der Waals surface area (Å²) < 4.78 is 1.88. The molecule has 20 heavy (non-hydrogen) atoms. The van der Waals surface area contributed by atoms with E-state index >= 15 is 0 Å². The van der Waals surface area contributed by atoms with Gasteiger partial charge in [-0.25, -0.2) is 4.68 Å². The van der Waals surface area contributed by atoms with Gasteiger partial charge in [0, 0.05) is 6.54 Å². The lowest BCUT2D eigenvalue weighted by Gasteiger charge is -2.09. The molecule has 0 fully saturated rings. The van der Waals surface area contributed by atoms with Crippen molar-refractivity contribution in [3.05, 3.63) is 47.3 Å². The maximum absolute atomic E-state index is 11.0. The van der Waals surface area contributed by atoms with Crippen LogP contribution in [0.2, 0.25) is 0 Å². The molecule has 2 aromatic rings. The highest BCUT2D eigenvalue weighted by atomic mass is 16.1. The van der Waals surface area contributed by atoms with E-state index in [2.05, 4.69) is 48.4 Å². The van der Waals surface area contributed by atoms with Gasteiger partial charge in [-0.05, 0) is 30.7 Å². The van der Waals surface area contributed by atoms with E-state index in [1.54, 1.807) is 0 Å². The van der Waals surface area contributed by atoms with Crippen LogP contribution in [0, 0.1) is 5.92 Å². The number of carbonyl (C=O) groups is 1. The van der Waals surface area contributed by atoms with Crippen molar-refractivity contribution in [2.75, 3.05) is 0 Å². The SMILES string of the molecule is CC(C)Cc1c(C=O)nnn1CCCc1ccccc1. The Morgan fingerprint density at radius 2 is 2.00 bits per heavy atom. The maximum atomic E-state index is 11.0. The summed E-state index contributed by atoms with van der Waals surface area (Å²) in [6.45, 7) is 5.07. The van der Waals surface area contributed by atoms with Crippen LogP contribution < -0.4 is 0 Å². The molecule has 0 radical (unpaired) electrons. The van der Waals surface area contributed by atoms with Crippen LogP contribution in [0.3, 0.4) is 0 Å². The van der Waals surface area contributed by atoms with Gasteiger partial charge >= 0.3 is 0 Å². The lowest BCUT2D eigenvalue weighted by Crippen LogP contribution is -2.09. The van der Waals surface area contributed by atoms with Gasteiger partial charge in [0.25, 0.3) is 0 Å². The first-order chi connectivity index (χ1) is 9.70. The van der Waals surface area contributed by atoms with Gasteiger partial charge in [0.15, 0.2) is 6.29 Å². The van der Waals surface area contributed by atoms with Gasteiger partial charge in [0.1, 0.15) is 5.69 Å². The van der Waals surface area contributed by atoms with Crippen LogP contribution in [0.5, 0.6) is 0 Å². The third kappa shape index (κ3) is 3.76. The van der Waals surface area contributed by atoms with Crippen LogP contribution in [-0.2, 0) is 19.4 Å². The second-order valence-corrected chi connectivity index (χ2v) is 5.45. The smallest absolute Gasteiger partial charge is 0.172 e. The number of carbonyl (C=O) groups excluding carboxylic acids is 1. The van der Waals surface area contributed by atoms with E-state index in [0.29, 0.717) is 11.6 Å². The second kappa shape index (κ2) is 6.98. The monoisotopic (exact) mass is 271 g/mol. The van der Waals surface area contributed by atoms with Crippen LogP contribution in [0.25, 0.3) is 0 Å². The van der Waals surface area contributed by atoms with Crippen molar-refractivity contribution in [2.24, 2.45) is 5.92 Å². The molecule has 0 bridgehead atoms. The summed E-state index contributed by atoms with van der Waals surface area (Å²) in [6, 6.07) is 10.4. The summed E-state index contributed by atoms with van der Waals surface area (Å²) in [6.07, 6.45) is 3.65. The quantitative estimate of drug-likeness (QED) is 0.727. The van der Waals surface area contributed by atoms with Crippen molar-refractivity contribution < 1.29 is 4.79 Å². The van der Waals surface area contributed by atoms with E-state index in [1.807, 2.05) is 10.7 Å². The van der Waals surface area contributed by atoms with E-state index in [1.165, 1.54) is 5.56 Å². The summed E-state index contributed by atoms with van der Waals surface area (Å²) >= 11 is 0. The topological polar surface area (TPSA) is 47.8 Å². The van der Waals surface area contributed by atoms with Gasteiger partial charge in [0.05, 0.1) is 5.69 Å². The standard InChI is InChI=1S/C16H21N3O/c1-13(2)11-16-15(12-20)17-18-19(16)10-6-9-14-7-4-3-5-8-14/h3-5,7-8,12-13H,6,9-11H2,1-2H3. The van der Waals surface area contributed by atoms with E-state index in [4.69, 9.17) is 0 Å². The number of aldehydes is 1. The molecule has 0 spiro atoms. The highest BCUT2D eigenvalue weighted by molar-refractivity contribution is 5.73. The normalized spacial score (nSPS) is 10.9. The van der Waals surface area contributed by atoms with Crippen molar-refractivity contribution in [1.82, 2.24) is 15.0 Å². The van der Waals surface area contributed by atoms with Gasteiger partial charge in [-0.2, -0.15) is 0 Å². The molecular formula is C16H21N3O. The van der Waals surface area contributed by atoms with Gasteiger partial charge in [-0.15, -0.1) is 5.10 Å². The number of aryl methyl sites for hydroxylation is 2. The molecule has 0 amide bonds. The van der Waals surface area contributed by atoms with Crippen LogP contribution in [0.15, 0.2) is 30.3 Å². The second-order valence-electron chi connectivity index (χ2n) is 5.45. The number of aromatic nitrogens is 3. The van der Waals surface area contributed by atoms with Gasteiger partial charge in [-0.1, -0.05) is 49.4 Å². The fourth-order valence-corrected chi connectivity index (χ4v) is 2.29. The first kappa shape index (κ1) is 14.4. The fraction of sp³-hybridized carbons (Fsp3) is 0.438. The first-order valence-electron chi connectivity index (χ1n) is 7.12. The lowest BCUT2D eigenvalue weighted by atomic mass is 10.1. The molecule has 4 nitrogen and oxygen atoms in total. The third-order valence-electron chi connectivity index (χ3n) is 3.26. The fourth-order valence-electron chi connectivity index (χ4n) is 2.29. The summed E-state index contributed by atoms with van der Waals surface area (Å²) in [7, 11) is 0. The molecule has 2 rings (SSSR count). The minimum atomic E-state index is 0.485. The molecule has 1 aromatic heterocycles. The number of hydrogen-bond donors (Lipinski definition) is 0. The Labute approximate surface area is 119 Å². The molecule has 0 atom stereocenters. The summed E-state index contributed by atoms with van der Waals surface area (Å²) in [4.78, 5) is 11.0. The summed E-state index contributed by atoms with van der Waals surface area (Å²) in [5.74, 6) is 0.486. The lowest BCUT2D eigenvalue weighted by molar-refractivity contribution is 0.111. The van der Waals surface area contributed by atoms with Crippen molar-refractivity contribution in [1.29, 1.82) is 0 Å². The van der Waals surface area contributed by atoms with E-state index in [9.17, 15) is 4.79 Å². The minimum Gasteiger partial charge on any atom is -0.296 e. The number of benzene rings is 1. The average molecular weight is 271 g/mol.